The van der Waals surface area contributed by atoms with Crippen LogP contribution in [0.4, 0.5) is 0 Å². The lowest BCUT2D eigenvalue weighted by atomic mass is 10.3. The van der Waals surface area contributed by atoms with E-state index in [0.717, 1.165) is 25.0 Å². The molecule has 0 aliphatic heterocycles. The van der Waals surface area contributed by atoms with Gasteiger partial charge >= 0.3 is 0 Å². The van der Waals surface area contributed by atoms with Gasteiger partial charge in [-0.2, -0.15) is 11.8 Å². The molecule has 0 spiro atoms. The van der Waals surface area contributed by atoms with Gasteiger partial charge in [0, 0.05) is 11.3 Å². The van der Waals surface area contributed by atoms with Crippen molar-refractivity contribution in [2.75, 3.05) is 10.4 Å². The predicted molar refractivity (Wildman–Crippen MR) is 65.4 cm³/mol. The molecule has 1 N–H and O–H groups in total. The third-order valence-corrected chi connectivity index (χ3v) is 6.30. The topological polar surface area (TPSA) is 46.2 Å². The van der Waals surface area contributed by atoms with Crippen LogP contribution in [0.15, 0.2) is 0 Å². The molecule has 0 saturated heterocycles. The molecule has 1 rings (SSSR count). The Bertz CT molecular complexity index is 269. The largest absolute Gasteiger partial charge is 0.221 e. The van der Waals surface area contributed by atoms with Crippen LogP contribution in [-0.2, 0) is 10.0 Å². The molecular weight excluding hydrogens is 286 g/mol. The van der Waals surface area contributed by atoms with Gasteiger partial charge in [0.2, 0.25) is 10.0 Å². The number of thioether (sulfide) groups is 1. The summed E-state index contributed by atoms with van der Waals surface area (Å²) in [6, 6.07) is 0.154. The third-order valence-electron chi connectivity index (χ3n) is 2.28. The van der Waals surface area contributed by atoms with Crippen LogP contribution in [-0.4, -0.2) is 30.1 Å². The van der Waals surface area contributed by atoms with Crippen molar-refractivity contribution in [3.05, 3.63) is 0 Å². The van der Waals surface area contributed by atoms with Gasteiger partial charge in [0.15, 0.2) is 0 Å². The van der Waals surface area contributed by atoms with Crippen molar-refractivity contribution >= 4 is 37.7 Å². The van der Waals surface area contributed by atoms with Gasteiger partial charge in [-0.05, 0) is 25.0 Å². The number of sulfonamides is 1. The number of alkyl halides is 1. The summed E-state index contributed by atoms with van der Waals surface area (Å²) in [6.45, 7) is 2.14. The Hall–Kier alpha value is 0.740. The standard InChI is InChI=1S/C8H16BrNO2S2/c1-2-13-8-4-3-7(5-8)10-14(11,12)6-9/h7-8,10H,2-6H2,1H3. The van der Waals surface area contributed by atoms with Gasteiger partial charge in [-0.15, -0.1) is 0 Å². The fraction of sp³-hybridized carbons (Fsp3) is 1.00. The van der Waals surface area contributed by atoms with Gasteiger partial charge in [-0.3, -0.25) is 0 Å². The van der Waals surface area contributed by atoms with Crippen LogP contribution in [0.5, 0.6) is 0 Å². The van der Waals surface area contributed by atoms with Crippen molar-refractivity contribution in [2.24, 2.45) is 0 Å². The van der Waals surface area contributed by atoms with Gasteiger partial charge in [-0.25, -0.2) is 13.1 Å². The Morgan fingerprint density at radius 1 is 1.50 bits per heavy atom. The molecule has 0 radical (unpaired) electrons. The molecule has 84 valence electrons. The zero-order valence-corrected chi connectivity index (χ0v) is 11.4. The smallest absolute Gasteiger partial charge is 0.212 e. The summed E-state index contributed by atoms with van der Waals surface area (Å²) in [4.78, 5) is 0. The quantitative estimate of drug-likeness (QED) is 0.789. The molecule has 1 aliphatic carbocycles. The summed E-state index contributed by atoms with van der Waals surface area (Å²) in [5.41, 5.74) is 0. The molecule has 0 aromatic heterocycles. The number of halogens is 1. The minimum absolute atomic E-state index is 0.00207. The fourth-order valence-corrected chi connectivity index (χ4v) is 4.04. The Morgan fingerprint density at radius 3 is 2.79 bits per heavy atom. The van der Waals surface area contributed by atoms with Gasteiger partial charge < -0.3 is 0 Å². The minimum Gasteiger partial charge on any atom is -0.212 e. The van der Waals surface area contributed by atoms with Crippen molar-refractivity contribution in [3.63, 3.8) is 0 Å². The second kappa shape index (κ2) is 5.72. The monoisotopic (exact) mass is 301 g/mol. The maximum Gasteiger partial charge on any atom is 0.221 e. The molecule has 1 aliphatic rings. The van der Waals surface area contributed by atoms with E-state index in [9.17, 15) is 8.42 Å². The predicted octanol–water partition coefficient (Wildman–Crippen LogP) is 1.93. The van der Waals surface area contributed by atoms with Crippen LogP contribution in [0.1, 0.15) is 26.2 Å². The summed E-state index contributed by atoms with van der Waals surface area (Å²) in [7, 11) is -3.08. The lowest BCUT2D eigenvalue weighted by Crippen LogP contribution is -2.33. The van der Waals surface area contributed by atoms with Crippen LogP contribution >= 0.6 is 27.7 Å². The first kappa shape index (κ1) is 12.8. The summed E-state index contributed by atoms with van der Waals surface area (Å²) in [5.74, 6) is 1.11. The van der Waals surface area contributed by atoms with E-state index in [1.807, 2.05) is 11.8 Å². The van der Waals surface area contributed by atoms with Crippen molar-refractivity contribution in [1.82, 2.24) is 4.72 Å². The summed E-state index contributed by atoms with van der Waals surface area (Å²) in [6.07, 6.45) is 3.09. The molecule has 6 heteroatoms. The molecule has 0 heterocycles. The summed E-state index contributed by atoms with van der Waals surface area (Å²) >= 11 is 4.90. The summed E-state index contributed by atoms with van der Waals surface area (Å²) < 4.78 is 25.2. The summed E-state index contributed by atoms with van der Waals surface area (Å²) in [5, 5.41) is 0.642. The number of nitrogens with one attached hydrogen (secondary N) is 1. The highest BCUT2D eigenvalue weighted by molar-refractivity contribution is 9.10. The van der Waals surface area contributed by atoms with Gasteiger partial charge in [0.25, 0.3) is 0 Å². The molecule has 2 atom stereocenters. The average Bonchev–Trinajstić information content (AvgIpc) is 2.53. The van der Waals surface area contributed by atoms with Crippen LogP contribution in [0.3, 0.4) is 0 Å². The second-order valence-corrected chi connectivity index (χ2v) is 8.06. The molecule has 0 bridgehead atoms. The SMILES string of the molecule is CCSC1CCC(NS(=O)(=O)CBr)C1. The maximum absolute atomic E-state index is 11.3. The average molecular weight is 302 g/mol. The Morgan fingerprint density at radius 2 is 2.21 bits per heavy atom. The fourth-order valence-electron chi connectivity index (χ4n) is 1.72. The van der Waals surface area contributed by atoms with Crippen LogP contribution < -0.4 is 4.72 Å². The molecule has 1 fully saturated rings. The van der Waals surface area contributed by atoms with Crippen molar-refractivity contribution < 1.29 is 8.42 Å². The van der Waals surface area contributed by atoms with Crippen molar-refractivity contribution in [1.29, 1.82) is 0 Å². The van der Waals surface area contributed by atoms with Gasteiger partial charge in [-0.1, -0.05) is 22.9 Å². The first-order valence-electron chi connectivity index (χ1n) is 4.75. The minimum atomic E-state index is -3.08. The first-order chi connectivity index (χ1) is 6.57. The molecule has 14 heavy (non-hydrogen) atoms. The lowest BCUT2D eigenvalue weighted by molar-refractivity contribution is 0.557. The van der Waals surface area contributed by atoms with E-state index in [0.29, 0.717) is 5.25 Å². The Labute approximate surface area is 98.6 Å². The third kappa shape index (κ3) is 4.08. The second-order valence-electron chi connectivity index (χ2n) is 3.43. The highest BCUT2D eigenvalue weighted by atomic mass is 79.9. The van der Waals surface area contributed by atoms with E-state index in [-0.39, 0.29) is 10.7 Å². The van der Waals surface area contributed by atoms with Crippen LogP contribution in [0, 0.1) is 0 Å². The van der Waals surface area contributed by atoms with Crippen molar-refractivity contribution in [3.8, 4) is 0 Å². The maximum atomic E-state index is 11.3. The van der Waals surface area contributed by atoms with E-state index in [2.05, 4.69) is 27.6 Å². The van der Waals surface area contributed by atoms with E-state index in [4.69, 9.17) is 0 Å². The van der Waals surface area contributed by atoms with E-state index in [1.165, 1.54) is 0 Å². The Balaban J connectivity index is 2.36. The van der Waals surface area contributed by atoms with Crippen molar-refractivity contribution in [2.45, 2.75) is 37.5 Å². The zero-order chi connectivity index (χ0) is 10.6. The number of hydrogen-bond donors (Lipinski definition) is 1. The normalized spacial score (nSPS) is 28.1. The highest BCUT2D eigenvalue weighted by Gasteiger charge is 2.27. The molecular formula is C8H16BrNO2S2. The first-order valence-corrected chi connectivity index (χ1v) is 8.57. The van der Waals surface area contributed by atoms with Gasteiger partial charge in [0.05, 0.1) is 0 Å². The molecule has 1 saturated carbocycles. The van der Waals surface area contributed by atoms with E-state index in [1.54, 1.807) is 0 Å². The molecule has 2 unspecified atom stereocenters. The van der Waals surface area contributed by atoms with Crippen LogP contribution in [0.2, 0.25) is 0 Å². The van der Waals surface area contributed by atoms with E-state index < -0.39 is 10.0 Å². The zero-order valence-electron chi connectivity index (χ0n) is 8.20. The Kier molecular flexibility index (Phi) is 5.24. The van der Waals surface area contributed by atoms with E-state index >= 15 is 0 Å². The molecule has 0 aromatic carbocycles. The lowest BCUT2D eigenvalue weighted by Gasteiger charge is -2.11. The van der Waals surface area contributed by atoms with Gasteiger partial charge in [0.1, 0.15) is 4.66 Å². The molecule has 0 amide bonds. The molecule has 3 nitrogen and oxygen atoms in total. The molecule has 0 aromatic rings. The van der Waals surface area contributed by atoms with Crippen LogP contribution in [0.25, 0.3) is 0 Å². The number of hydrogen-bond acceptors (Lipinski definition) is 3. The number of rotatable bonds is 5. The highest BCUT2D eigenvalue weighted by Crippen LogP contribution is 2.29.